The molecule has 0 amide bonds. The highest BCUT2D eigenvalue weighted by Gasteiger charge is 2.11. The SMILES string of the molecule is CCc1ccccc1Oc1ncnc(Cl)c1CC. The lowest BCUT2D eigenvalue weighted by Crippen LogP contribution is -1.98. The fourth-order valence-electron chi connectivity index (χ4n) is 1.76. The van der Waals surface area contributed by atoms with E-state index < -0.39 is 0 Å². The van der Waals surface area contributed by atoms with Gasteiger partial charge in [-0.25, -0.2) is 9.97 Å². The van der Waals surface area contributed by atoms with Crippen molar-refractivity contribution >= 4 is 11.6 Å². The lowest BCUT2D eigenvalue weighted by Gasteiger charge is -2.12. The van der Waals surface area contributed by atoms with Crippen molar-refractivity contribution in [1.82, 2.24) is 9.97 Å². The zero-order chi connectivity index (χ0) is 13.0. The summed E-state index contributed by atoms with van der Waals surface area (Å²) in [6.07, 6.45) is 3.07. The normalized spacial score (nSPS) is 10.4. The van der Waals surface area contributed by atoms with Gasteiger partial charge in [0, 0.05) is 0 Å². The number of hydrogen-bond donors (Lipinski definition) is 0. The number of ether oxygens (including phenoxy) is 1. The van der Waals surface area contributed by atoms with Gasteiger partial charge in [-0.2, -0.15) is 0 Å². The van der Waals surface area contributed by atoms with Crippen LogP contribution >= 0.6 is 11.6 Å². The first-order chi connectivity index (χ1) is 8.76. The minimum Gasteiger partial charge on any atom is -0.438 e. The van der Waals surface area contributed by atoms with Crippen LogP contribution in [0.5, 0.6) is 11.6 Å². The molecule has 2 rings (SSSR count). The van der Waals surface area contributed by atoms with Gasteiger partial charge in [-0.3, -0.25) is 0 Å². The van der Waals surface area contributed by atoms with Crippen molar-refractivity contribution in [3.63, 3.8) is 0 Å². The molecule has 18 heavy (non-hydrogen) atoms. The van der Waals surface area contributed by atoms with Gasteiger partial charge < -0.3 is 4.74 Å². The Balaban J connectivity index is 2.37. The van der Waals surface area contributed by atoms with E-state index >= 15 is 0 Å². The van der Waals surface area contributed by atoms with E-state index in [1.165, 1.54) is 6.33 Å². The van der Waals surface area contributed by atoms with Crippen LogP contribution < -0.4 is 4.74 Å². The molecule has 0 saturated carbocycles. The molecule has 0 bridgehead atoms. The maximum atomic E-state index is 6.04. The molecule has 0 spiro atoms. The molecule has 0 unspecified atom stereocenters. The van der Waals surface area contributed by atoms with Crippen molar-refractivity contribution in [1.29, 1.82) is 0 Å². The highest BCUT2D eigenvalue weighted by Crippen LogP contribution is 2.29. The van der Waals surface area contributed by atoms with Gasteiger partial charge in [0.1, 0.15) is 17.2 Å². The quantitative estimate of drug-likeness (QED) is 0.780. The number of halogens is 1. The standard InChI is InChI=1S/C14H15ClN2O/c1-3-10-7-5-6-8-12(10)18-14-11(4-2)13(15)16-9-17-14/h5-9H,3-4H2,1-2H3. The van der Waals surface area contributed by atoms with E-state index in [0.29, 0.717) is 11.0 Å². The Morgan fingerprint density at radius 1 is 1.11 bits per heavy atom. The minimum atomic E-state index is 0.455. The Bertz CT molecular complexity index is 543. The Morgan fingerprint density at radius 3 is 2.61 bits per heavy atom. The first-order valence-electron chi connectivity index (χ1n) is 6.01. The highest BCUT2D eigenvalue weighted by molar-refractivity contribution is 6.30. The van der Waals surface area contributed by atoms with Crippen molar-refractivity contribution in [2.45, 2.75) is 26.7 Å². The average Bonchev–Trinajstić information content (AvgIpc) is 2.40. The van der Waals surface area contributed by atoms with Crippen LogP contribution in [0.4, 0.5) is 0 Å². The van der Waals surface area contributed by atoms with E-state index in [1.54, 1.807) is 0 Å². The summed E-state index contributed by atoms with van der Waals surface area (Å²) in [6.45, 7) is 4.10. The van der Waals surface area contributed by atoms with Gasteiger partial charge in [0.25, 0.3) is 0 Å². The fourth-order valence-corrected chi connectivity index (χ4v) is 2.02. The molecule has 0 aliphatic heterocycles. The molecule has 0 atom stereocenters. The van der Waals surface area contributed by atoms with Gasteiger partial charge in [0.05, 0.1) is 5.56 Å². The Morgan fingerprint density at radius 2 is 1.89 bits per heavy atom. The maximum Gasteiger partial charge on any atom is 0.227 e. The summed E-state index contributed by atoms with van der Waals surface area (Å²) in [5.74, 6) is 1.36. The molecule has 2 aromatic rings. The number of benzene rings is 1. The van der Waals surface area contributed by atoms with Gasteiger partial charge in [-0.1, -0.05) is 43.6 Å². The number of aryl methyl sites for hydroxylation is 1. The second kappa shape index (κ2) is 5.83. The lowest BCUT2D eigenvalue weighted by molar-refractivity contribution is 0.450. The van der Waals surface area contributed by atoms with Crippen LogP contribution in [0, 0.1) is 0 Å². The van der Waals surface area contributed by atoms with Gasteiger partial charge in [-0.15, -0.1) is 0 Å². The van der Waals surface area contributed by atoms with Crippen molar-refractivity contribution < 1.29 is 4.74 Å². The summed E-state index contributed by atoms with van der Waals surface area (Å²) in [4.78, 5) is 8.13. The molecule has 0 saturated heterocycles. The zero-order valence-electron chi connectivity index (χ0n) is 10.5. The molecule has 0 fully saturated rings. The van der Waals surface area contributed by atoms with Gasteiger partial charge in [0.15, 0.2) is 0 Å². The van der Waals surface area contributed by atoms with E-state index in [4.69, 9.17) is 16.3 Å². The van der Waals surface area contributed by atoms with Crippen molar-refractivity contribution in [2.75, 3.05) is 0 Å². The first-order valence-corrected chi connectivity index (χ1v) is 6.39. The fraction of sp³-hybridized carbons (Fsp3) is 0.286. The molecular weight excluding hydrogens is 248 g/mol. The molecular formula is C14H15ClN2O. The summed E-state index contributed by atoms with van der Waals surface area (Å²) in [6, 6.07) is 7.93. The van der Waals surface area contributed by atoms with Crippen LogP contribution in [0.15, 0.2) is 30.6 Å². The molecule has 94 valence electrons. The highest BCUT2D eigenvalue weighted by atomic mass is 35.5. The molecule has 0 aliphatic rings. The molecule has 0 aliphatic carbocycles. The first kappa shape index (κ1) is 12.8. The van der Waals surface area contributed by atoms with Crippen molar-refractivity contribution in [3.8, 4) is 11.6 Å². The summed E-state index contributed by atoms with van der Waals surface area (Å²) in [5.41, 5.74) is 1.99. The number of hydrogen-bond acceptors (Lipinski definition) is 3. The third kappa shape index (κ3) is 2.62. The average molecular weight is 263 g/mol. The van der Waals surface area contributed by atoms with Crippen LogP contribution in [-0.4, -0.2) is 9.97 Å². The Labute approximate surface area is 112 Å². The summed E-state index contributed by atoms with van der Waals surface area (Å²) >= 11 is 6.04. The monoisotopic (exact) mass is 262 g/mol. The summed E-state index contributed by atoms with van der Waals surface area (Å²) < 4.78 is 5.87. The van der Waals surface area contributed by atoms with Crippen molar-refractivity contribution in [3.05, 3.63) is 46.9 Å². The smallest absolute Gasteiger partial charge is 0.227 e. The molecule has 3 nitrogen and oxygen atoms in total. The number of aromatic nitrogens is 2. The lowest BCUT2D eigenvalue weighted by atomic mass is 10.1. The van der Waals surface area contributed by atoms with Gasteiger partial charge in [0.2, 0.25) is 5.88 Å². The molecule has 0 N–H and O–H groups in total. The number of nitrogens with zero attached hydrogens (tertiary/aromatic N) is 2. The second-order valence-electron chi connectivity index (χ2n) is 3.87. The zero-order valence-corrected chi connectivity index (χ0v) is 11.2. The molecule has 4 heteroatoms. The van der Waals surface area contributed by atoms with E-state index in [0.717, 1.165) is 29.7 Å². The van der Waals surface area contributed by atoms with Gasteiger partial charge >= 0.3 is 0 Å². The van der Waals surface area contributed by atoms with Crippen LogP contribution in [0.3, 0.4) is 0 Å². The molecule has 1 aromatic carbocycles. The predicted octanol–water partition coefficient (Wildman–Crippen LogP) is 4.05. The van der Waals surface area contributed by atoms with Crippen molar-refractivity contribution in [2.24, 2.45) is 0 Å². The second-order valence-corrected chi connectivity index (χ2v) is 4.22. The Hall–Kier alpha value is -1.61. The van der Waals surface area contributed by atoms with Gasteiger partial charge in [-0.05, 0) is 24.5 Å². The maximum absolute atomic E-state index is 6.04. The summed E-state index contributed by atoms with van der Waals surface area (Å²) in [7, 11) is 0. The topological polar surface area (TPSA) is 35.0 Å². The van der Waals surface area contributed by atoms with Crippen LogP contribution in [-0.2, 0) is 12.8 Å². The van der Waals surface area contributed by atoms with Crippen LogP contribution in [0.2, 0.25) is 5.15 Å². The van der Waals surface area contributed by atoms with E-state index in [2.05, 4.69) is 16.9 Å². The minimum absolute atomic E-state index is 0.455. The third-order valence-electron chi connectivity index (χ3n) is 2.77. The largest absolute Gasteiger partial charge is 0.438 e. The number of para-hydroxylation sites is 1. The third-order valence-corrected chi connectivity index (χ3v) is 3.09. The molecule has 1 aromatic heterocycles. The molecule has 0 radical (unpaired) electrons. The Kier molecular flexibility index (Phi) is 4.15. The van der Waals surface area contributed by atoms with E-state index in [1.807, 2.05) is 31.2 Å². The van der Waals surface area contributed by atoms with E-state index in [9.17, 15) is 0 Å². The van der Waals surface area contributed by atoms with Crippen LogP contribution in [0.1, 0.15) is 25.0 Å². The molecule has 1 heterocycles. The van der Waals surface area contributed by atoms with E-state index in [-0.39, 0.29) is 0 Å². The number of rotatable bonds is 4. The van der Waals surface area contributed by atoms with Crippen LogP contribution in [0.25, 0.3) is 0 Å². The predicted molar refractivity (Wildman–Crippen MR) is 72.3 cm³/mol. The summed E-state index contributed by atoms with van der Waals surface area (Å²) in [5, 5.41) is 0.455.